The predicted molar refractivity (Wildman–Crippen MR) is 81.6 cm³/mol. The van der Waals surface area contributed by atoms with Crippen molar-refractivity contribution in [2.45, 2.75) is 39.2 Å². The lowest BCUT2D eigenvalue weighted by Crippen LogP contribution is -2.32. The zero-order chi connectivity index (χ0) is 14.0. The molecule has 1 saturated carbocycles. The van der Waals surface area contributed by atoms with Crippen LogP contribution in [0.2, 0.25) is 0 Å². The van der Waals surface area contributed by atoms with Crippen LogP contribution in [0, 0.1) is 23.6 Å². The Kier molecular flexibility index (Phi) is 5.02. The molecule has 3 unspecified atom stereocenters. The maximum Gasteiger partial charge on any atom is 0.128 e. The molecule has 1 aliphatic carbocycles. The van der Waals surface area contributed by atoms with Gasteiger partial charge in [-0.1, -0.05) is 29.8 Å². The van der Waals surface area contributed by atoms with E-state index in [1.165, 1.54) is 19.3 Å². The van der Waals surface area contributed by atoms with Crippen molar-refractivity contribution in [3.8, 4) is 0 Å². The average molecular weight is 328 g/mol. The maximum absolute atomic E-state index is 14.1. The molecule has 106 valence electrons. The monoisotopic (exact) mass is 327 g/mol. The van der Waals surface area contributed by atoms with Gasteiger partial charge in [-0.3, -0.25) is 0 Å². The molecule has 1 aliphatic rings. The molecule has 0 spiro atoms. The van der Waals surface area contributed by atoms with Gasteiger partial charge in [-0.15, -0.1) is 0 Å². The van der Waals surface area contributed by atoms with Crippen molar-refractivity contribution in [3.63, 3.8) is 0 Å². The third kappa shape index (κ3) is 3.57. The van der Waals surface area contributed by atoms with Gasteiger partial charge in [0.2, 0.25) is 0 Å². The summed E-state index contributed by atoms with van der Waals surface area (Å²) in [6.07, 6.45) is 3.66. The topological polar surface area (TPSA) is 12.0 Å². The van der Waals surface area contributed by atoms with Crippen molar-refractivity contribution >= 4 is 15.9 Å². The highest BCUT2D eigenvalue weighted by atomic mass is 79.9. The average Bonchev–Trinajstić information content (AvgIpc) is 2.33. The molecule has 1 N–H and O–H groups in total. The largest absolute Gasteiger partial charge is 0.313 e. The fraction of sp³-hybridized carbons (Fsp3) is 0.625. The number of hydrogen-bond donors (Lipinski definition) is 1. The van der Waals surface area contributed by atoms with E-state index in [9.17, 15) is 4.39 Å². The van der Waals surface area contributed by atoms with Gasteiger partial charge in [-0.05, 0) is 62.3 Å². The molecule has 0 amide bonds. The molecule has 1 aromatic carbocycles. The Morgan fingerprint density at radius 2 is 1.84 bits per heavy atom. The summed E-state index contributed by atoms with van der Waals surface area (Å²) in [5, 5.41) is 3.34. The van der Waals surface area contributed by atoms with E-state index in [0.29, 0.717) is 5.92 Å². The van der Waals surface area contributed by atoms with Gasteiger partial charge in [0.05, 0.1) is 0 Å². The third-order valence-electron chi connectivity index (χ3n) is 4.29. The molecule has 0 bridgehead atoms. The molecule has 0 aromatic heterocycles. The van der Waals surface area contributed by atoms with Crippen LogP contribution in [0.1, 0.15) is 44.7 Å². The van der Waals surface area contributed by atoms with Crippen LogP contribution in [0.3, 0.4) is 0 Å². The second kappa shape index (κ2) is 6.36. The molecule has 1 nitrogen and oxygen atoms in total. The van der Waals surface area contributed by atoms with Gasteiger partial charge in [-0.25, -0.2) is 4.39 Å². The van der Waals surface area contributed by atoms with Gasteiger partial charge in [0.25, 0.3) is 0 Å². The standard InChI is InChI=1S/C16H23BrFN/c1-10-6-11(2)8-12(7-10)16(19-3)14-9-13(17)4-5-15(14)18/h4-5,9-12,16,19H,6-8H2,1-3H3. The number of hydrogen-bond acceptors (Lipinski definition) is 1. The molecule has 0 aliphatic heterocycles. The van der Waals surface area contributed by atoms with Gasteiger partial charge in [0.15, 0.2) is 0 Å². The Balaban J connectivity index is 2.26. The fourth-order valence-electron chi connectivity index (χ4n) is 3.68. The highest BCUT2D eigenvalue weighted by Gasteiger charge is 2.31. The van der Waals surface area contributed by atoms with Crippen LogP contribution >= 0.6 is 15.9 Å². The van der Waals surface area contributed by atoms with Crippen LogP contribution in [0.15, 0.2) is 22.7 Å². The summed E-state index contributed by atoms with van der Waals surface area (Å²) in [5.41, 5.74) is 0.795. The zero-order valence-electron chi connectivity index (χ0n) is 11.9. The van der Waals surface area contributed by atoms with E-state index < -0.39 is 0 Å². The highest BCUT2D eigenvalue weighted by molar-refractivity contribution is 9.10. The van der Waals surface area contributed by atoms with Gasteiger partial charge in [-0.2, -0.15) is 0 Å². The molecule has 2 rings (SSSR count). The smallest absolute Gasteiger partial charge is 0.128 e. The van der Waals surface area contributed by atoms with Crippen molar-refractivity contribution in [2.75, 3.05) is 7.05 Å². The van der Waals surface area contributed by atoms with E-state index >= 15 is 0 Å². The molecule has 0 radical (unpaired) electrons. The Labute approximate surface area is 124 Å². The third-order valence-corrected chi connectivity index (χ3v) is 4.78. The van der Waals surface area contributed by atoms with Gasteiger partial charge >= 0.3 is 0 Å². The molecule has 19 heavy (non-hydrogen) atoms. The molecule has 0 heterocycles. The van der Waals surface area contributed by atoms with Gasteiger partial charge in [0.1, 0.15) is 5.82 Å². The lowest BCUT2D eigenvalue weighted by Gasteiger charge is -2.36. The van der Waals surface area contributed by atoms with Crippen LogP contribution in [0.4, 0.5) is 4.39 Å². The van der Waals surface area contributed by atoms with Crippen LogP contribution < -0.4 is 5.32 Å². The van der Waals surface area contributed by atoms with Crippen molar-refractivity contribution in [1.82, 2.24) is 5.32 Å². The molecular weight excluding hydrogens is 305 g/mol. The van der Waals surface area contributed by atoms with Crippen molar-refractivity contribution in [3.05, 3.63) is 34.1 Å². The Hall–Kier alpha value is -0.410. The van der Waals surface area contributed by atoms with E-state index in [1.807, 2.05) is 13.1 Å². The summed E-state index contributed by atoms with van der Waals surface area (Å²) in [6, 6.07) is 5.35. The SMILES string of the molecule is CNC(c1cc(Br)ccc1F)C1CC(C)CC(C)C1. The first-order valence-corrected chi connectivity index (χ1v) is 7.92. The van der Waals surface area contributed by atoms with Crippen LogP contribution in [0.5, 0.6) is 0 Å². The molecule has 3 heteroatoms. The molecular formula is C16H23BrFN. The summed E-state index contributed by atoms with van der Waals surface area (Å²) in [7, 11) is 1.94. The van der Waals surface area contributed by atoms with E-state index in [4.69, 9.17) is 0 Å². The second-order valence-electron chi connectivity index (χ2n) is 6.11. The van der Waals surface area contributed by atoms with Gasteiger partial charge in [0, 0.05) is 16.1 Å². The normalized spacial score (nSPS) is 29.2. The number of rotatable bonds is 3. The minimum absolute atomic E-state index is 0.103. The molecule has 0 saturated heterocycles. The quantitative estimate of drug-likeness (QED) is 0.830. The van der Waals surface area contributed by atoms with Crippen molar-refractivity contribution in [2.24, 2.45) is 17.8 Å². The van der Waals surface area contributed by atoms with E-state index in [2.05, 4.69) is 35.1 Å². The summed E-state index contributed by atoms with van der Waals surface area (Å²) >= 11 is 3.45. The Morgan fingerprint density at radius 1 is 1.21 bits per heavy atom. The lowest BCUT2D eigenvalue weighted by atomic mass is 9.72. The first kappa shape index (κ1) is 15.0. The predicted octanol–water partition coefficient (Wildman–Crippen LogP) is 4.92. The van der Waals surface area contributed by atoms with E-state index in [-0.39, 0.29) is 11.9 Å². The number of halogens is 2. The second-order valence-corrected chi connectivity index (χ2v) is 7.03. The highest BCUT2D eigenvalue weighted by Crippen LogP contribution is 2.40. The minimum atomic E-state index is -0.103. The molecule has 1 aromatic rings. The fourth-order valence-corrected chi connectivity index (χ4v) is 4.06. The molecule has 1 fully saturated rings. The Bertz CT molecular complexity index is 425. The van der Waals surface area contributed by atoms with Crippen LogP contribution in [0.25, 0.3) is 0 Å². The molecule has 3 atom stereocenters. The summed E-state index contributed by atoms with van der Waals surface area (Å²) in [5.74, 6) is 1.89. The zero-order valence-corrected chi connectivity index (χ0v) is 13.5. The Morgan fingerprint density at radius 3 is 2.42 bits per heavy atom. The van der Waals surface area contributed by atoms with Crippen molar-refractivity contribution in [1.29, 1.82) is 0 Å². The van der Waals surface area contributed by atoms with Crippen LogP contribution in [-0.4, -0.2) is 7.05 Å². The van der Waals surface area contributed by atoms with E-state index in [1.54, 1.807) is 12.1 Å². The minimum Gasteiger partial charge on any atom is -0.313 e. The van der Waals surface area contributed by atoms with E-state index in [0.717, 1.165) is 21.9 Å². The summed E-state index contributed by atoms with van der Waals surface area (Å²) in [4.78, 5) is 0. The number of benzene rings is 1. The van der Waals surface area contributed by atoms with Crippen LogP contribution in [-0.2, 0) is 0 Å². The summed E-state index contributed by atoms with van der Waals surface area (Å²) in [6.45, 7) is 4.62. The first-order valence-electron chi connectivity index (χ1n) is 7.13. The summed E-state index contributed by atoms with van der Waals surface area (Å²) < 4.78 is 15.0. The van der Waals surface area contributed by atoms with Gasteiger partial charge < -0.3 is 5.32 Å². The van der Waals surface area contributed by atoms with Crippen molar-refractivity contribution < 1.29 is 4.39 Å². The maximum atomic E-state index is 14.1. The first-order chi connectivity index (χ1) is 9.01. The lowest BCUT2D eigenvalue weighted by molar-refractivity contribution is 0.178. The number of nitrogens with one attached hydrogen (secondary N) is 1.